The third-order valence-corrected chi connectivity index (χ3v) is 4.77. The second-order valence-corrected chi connectivity index (χ2v) is 6.79. The van der Waals surface area contributed by atoms with E-state index in [1.54, 1.807) is 5.57 Å². The van der Waals surface area contributed by atoms with Crippen molar-refractivity contribution >= 4 is 0 Å². The van der Waals surface area contributed by atoms with Crippen molar-refractivity contribution in [2.75, 3.05) is 13.1 Å². The highest BCUT2D eigenvalue weighted by Crippen LogP contribution is 2.28. The molecule has 1 fully saturated rings. The Morgan fingerprint density at radius 2 is 1.94 bits per heavy atom. The number of rotatable bonds is 5. The van der Waals surface area contributed by atoms with Gasteiger partial charge in [0.05, 0.1) is 0 Å². The summed E-state index contributed by atoms with van der Waals surface area (Å²) in [5.41, 5.74) is 1.60. The minimum absolute atomic E-state index is 0.795. The lowest BCUT2D eigenvalue weighted by Gasteiger charge is -2.26. The van der Waals surface area contributed by atoms with Crippen LogP contribution in [-0.4, -0.2) is 13.1 Å². The first-order valence-electron chi connectivity index (χ1n) is 8.12. The summed E-state index contributed by atoms with van der Waals surface area (Å²) in [5.74, 6) is 2.71. The summed E-state index contributed by atoms with van der Waals surface area (Å²) >= 11 is 0. The molecule has 1 N–H and O–H groups in total. The van der Waals surface area contributed by atoms with Crippen molar-refractivity contribution in [3.63, 3.8) is 0 Å². The predicted molar refractivity (Wildman–Crippen MR) is 79.7 cm³/mol. The van der Waals surface area contributed by atoms with Crippen LogP contribution in [0.25, 0.3) is 0 Å². The normalized spacial score (nSPS) is 30.2. The summed E-state index contributed by atoms with van der Waals surface area (Å²) in [6.07, 6.45) is 14.0. The molecule has 0 aliphatic heterocycles. The maximum Gasteiger partial charge on any atom is -0.00172 e. The van der Waals surface area contributed by atoms with Crippen molar-refractivity contribution in [1.29, 1.82) is 0 Å². The van der Waals surface area contributed by atoms with Crippen LogP contribution in [-0.2, 0) is 0 Å². The van der Waals surface area contributed by atoms with E-state index in [9.17, 15) is 0 Å². The maximum atomic E-state index is 3.72. The summed E-state index contributed by atoms with van der Waals surface area (Å²) in [6, 6.07) is 0. The van der Waals surface area contributed by atoms with E-state index in [-0.39, 0.29) is 0 Å². The fourth-order valence-electron chi connectivity index (χ4n) is 3.93. The SMILES string of the molecule is CC1=CC(C)CC(CNCCC2CCCCC2)C1. The molecule has 2 atom stereocenters. The first kappa shape index (κ1) is 14.1. The van der Waals surface area contributed by atoms with Gasteiger partial charge in [0, 0.05) is 0 Å². The lowest BCUT2D eigenvalue weighted by atomic mass is 9.83. The van der Waals surface area contributed by atoms with E-state index >= 15 is 0 Å². The molecule has 0 radical (unpaired) electrons. The molecule has 1 nitrogen and oxygen atoms in total. The summed E-state index contributed by atoms with van der Waals surface area (Å²) in [7, 11) is 0. The number of hydrogen-bond acceptors (Lipinski definition) is 1. The smallest absolute Gasteiger partial charge is 0.00172 e. The third kappa shape index (κ3) is 4.76. The number of hydrogen-bond donors (Lipinski definition) is 1. The van der Waals surface area contributed by atoms with Crippen LogP contribution in [0.5, 0.6) is 0 Å². The first-order valence-corrected chi connectivity index (χ1v) is 8.12. The first-order chi connectivity index (χ1) is 8.74. The van der Waals surface area contributed by atoms with Crippen LogP contribution in [0.3, 0.4) is 0 Å². The molecule has 104 valence electrons. The molecule has 0 amide bonds. The monoisotopic (exact) mass is 249 g/mol. The molecule has 0 aromatic carbocycles. The Labute approximate surface area is 113 Å². The van der Waals surface area contributed by atoms with Crippen LogP contribution in [0.1, 0.15) is 65.2 Å². The summed E-state index contributed by atoms with van der Waals surface area (Å²) in [6.45, 7) is 7.14. The van der Waals surface area contributed by atoms with Gasteiger partial charge in [-0.05, 0) is 57.0 Å². The van der Waals surface area contributed by atoms with Gasteiger partial charge < -0.3 is 5.32 Å². The number of allylic oxidation sites excluding steroid dienone is 2. The molecular formula is C17H31N. The second-order valence-electron chi connectivity index (χ2n) is 6.79. The Balaban J connectivity index is 1.56. The van der Waals surface area contributed by atoms with Gasteiger partial charge in [-0.15, -0.1) is 0 Å². The Kier molecular flexibility index (Phi) is 5.75. The second kappa shape index (κ2) is 7.33. The molecule has 2 aliphatic rings. The highest BCUT2D eigenvalue weighted by Gasteiger charge is 2.18. The topological polar surface area (TPSA) is 12.0 Å². The van der Waals surface area contributed by atoms with Gasteiger partial charge in [-0.2, -0.15) is 0 Å². The summed E-state index contributed by atoms with van der Waals surface area (Å²) in [4.78, 5) is 0. The lowest BCUT2D eigenvalue weighted by molar-refractivity contribution is 0.323. The van der Waals surface area contributed by atoms with E-state index in [4.69, 9.17) is 0 Å². The fourth-order valence-corrected chi connectivity index (χ4v) is 3.93. The largest absolute Gasteiger partial charge is 0.316 e. The quantitative estimate of drug-likeness (QED) is 0.557. The molecular weight excluding hydrogens is 218 g/mol. The van der Waals surface area contributed by atoms with Gasteiger partial charge in [-0.1, -0.05) is 50.7 Å². The van der Waals surface area contributed by atoms with E-state index < -0.39 is 0 Å². The summed E-state index contributed by atoms with van der Waals surface area (Å²) < 4.78 is 0. The van der Waals surface area contributed by atoms with E-state index in [0.717, 1.165) is 17.8 Å². The van der Waals surface area contributed by atoms with Gasteiger partial charge in [0.2, 0.25) is 0 Å². The van der Waals surface area contributed by atoms with Gasteiger partial charge in [0.25, 0.3) is 0 Å². The zero-order chi connectivity index (χ0) is 12.8. The average molecular weight is 249 g/mol. The van der Waals surface area contributed by atoms with Gasteiger partial charge in [0.15, 0.2) is 0 Å². The molecule has 0 saturated heterocycles. The Bertz CT molecular complexity index is 263. The summed E-state index contributed by atoms with van der Waals surface area (Å²) in [5, 5.41) is 3.72. The van der Waals surface area contributed by atoms with E-state index in [1.165, 1.54) is 64.5 Å². The molecule has 0 spiro atoms. The van der Waals surface area contributed by atoms with Gasteiger partial charge in [0.1, 0.15) is 0 Å². The van der Waals surface area contributed by atoms with Crippen molar-refractivity contribution in [1.82, 2.24) is 5.32 Å². The van der Waals surface area contributed by atoms with Gasteiger partial charge in [-0.3, -0.25) is 0 Å². The third-order valence-electron chi connectivity index (χ3n) is 4.77. The minimum atomic E-state index is 0.795. The van der Waals surface area contributed by atoms with Gasteiger partial charge >= 0.3 is 0 Å². The molecule has 2 unspecified atom stereocenters. The Morgan fingerprint density at radius 3 is 2.67 bits per heavy atom. The molecule has 1 heteroatoms. The van der Waals surface area contributed by atoms with Crippen LogP contribution >= 0.6 is 0 Å². The van der Waals surface area contributed by atoms with Crippen molar-refractivity contribution in [3.8, 4) is 0 Å². The Hall–Kier alpha value is -0.300. The predicted octanol–water partition coefficient (Wildman–Crippen LogP) is 4.54. The molecule has 0 heterocycles. The number of nitrogens with one attached hydrogen (secondary N) is 1. The van der Waals surface area contributed by atoms with Crippen LogP contribution < -0.4 is 5.32 Å². The van der Waals surface area contributed by atoms with Crippen molar-refractivity contribution < 1.29 is 0 Å². The van der Waals surface area contributed by atoms with Crippen molar-refractivity contribution in [2.24, 2.45) is 17.8 Å². The van der Waals surface area contributed by atoms with Crippen LogP contribution in [0.2, 0.25) is 0 Å². The minimum Gasteiger partial charge on any atom is -0.316 e. The van der Waals surface area contributed by atoms with E-state index in [0.29, 0.717) is 0 Å². The molecule has 0 aromatic heterocycles. The highest BCUT2D eigenvalue weighted by molar-refractivity contribution is 5.06. The molecule has 1 saturated carbocycles. The highest BCUT2D eigenvalue weighted by atomic mass is 14.9. The molecule has 18 heavy (non-hydrogen) atoms. The maximum absolute atomic E-state index is 3.72. The van der Waals surface area contributed by atoms with Crippen molar-refractivity contribution in [2.45, 2.75) is 65.2 Å². The Morgan fingerprint density at radius 1 is 1.17 bits per heavy atom. The molecule has 2 rings (SSSR count). The van der Waals surface area contributed by atoms with E-state index in [2.05, 4.69) is 25.2 Å². The standard InChI is InChI=1S/C17H31N/c1-14-10-15(2)12-17(11-14)13-18-9-8-16-6-4-3-5-7-16/h10,14,16-18H,3-9,11-13H2,1-2H3. The zero-order valence-electron chi connectivity index (χ0n) is 12.4. The van der Waals surface area contributed by atoms with Crippen LogP contribution in [0, 0.1) is 17.8 Å². The lowest BCUT2D eigenvalue weighted by Crippen LogP contribution is -2.28. The van der Waals surface area contributed by atoms with Crippen LogP contribution in [0.15, 0.2) is 11.6 Å². The average Bonchev–Trinajstić information content (AvgIpc) is 2.35. The van der Waals surface area contributed by atoms with Crippen LogP contribution in [0.4, 0.5) is 0 Å². The van der Waals surface area contributed by atoms with Crippen molar-refractivity contribution in [3.05, 3.63) is 11.6 Å². The van der Waals surface area contributed by atoms with Gasteiger partial charge in [-0.25, -0.2) is 0 Å². The molecule has 0 aromatic rings. The van der Waals surface area contributed by atoms with E-state index in [1.807, 2.05) is 0 Å². The zero-order valence-corrected chi connectivity index (χ0v) is 12.4. The molecule has 0 bridgehead atoms. The molecule has 2 aliphatic carbocycles. The fraction of sp³-hybridized carbons (Fsp3) is 0.882.